The van der Waals surface area contributed by atoms with Crippen molar-refractivity contribution in [3.8, 4) is 0 Å². The maximum absolute atomic E-state index is 4.42. The molecule has 1 saturated heterocycles. The maximum atomic E-state index is 4.42. The van der Waals surface area contributed by atoms with Crippen molar-refractivity contribution in [3.05, 3.63) is 11.4 Å². The molecule has 2 atom stereocenters. The van der Waals surface area contributed by atoms with Gasteiger partial charge in [0.15, 0.2) is 0 Å². The molecule has 5 nitrogen and oxygen atoms in total. The van der Waals surface area contributed by atoms with Crippen molar-refractivity contribution in [1.82, 2.24) is 20.1 Å². The van der Waals surface area contributed by atoms with Gasteiger partial charge in [0.1, 0.15) is 0 Å². The zero-order chi connectivity index (χ0) is 12.4. The van der Waals surface area contributed by atoms with Gasteiger partial charge in [-0.1, -0.05) is 6.92 Å². The Bertz CT molecular complexity index is 392. The van der Waals surface area contributed by atoms with Gasteiger partial charge in [0.25, 0.3) is 0 Å². The van der Waals surface area contributed by atoms with E-state index in [2.05, 4.69) is 39.4 Å². The smallest absolute Gasteiger partial charge is 0.243 e. The Balaban J connectivity index is 2.02. The van der Waals surface area contributed by atoms with E-state index in [9.17, 15) is 0 Å². The fourth-order valence-corrected chi connectivity index (χ4v) is 2.25. The van der Waals surface area contributed by atoms with E-state index < -0.39 is 0 Å². The summed E-state index contributed by atoms with van der Waals surface area (Å²) in [6.45, 7) is 8.41. The van der Waals surface area contributed by atoms with Crippen LogP contribution in [0.15, 0.2) is 0 Å². The first-order valence-electron chi connectivity index (χ1n) is 6.19. The van der Waals surface area contributed by atoms with Gasteiger partial charge in [0.2, 0.25) is 5.95 Å². The number of hydrogen-bond acceptors (Lipinski definition) is 5. The van der Waals surface area contributed by atoms with Crippen LogP contribution in [0.4, 0.5) is 5.95 Å². The third-order valence-electron chi connectivity index (χ3n) is 3.51. The number of piperidine rings is 1. The topological polar surface area (TPSA) is 53.9 Å². The summed E-state index contributed by atoms with van der Waals surface area (Å²) in [5, 5.41) is 11.6. The van der Waals surface area contributed by atoms with Crippen molar-refractivity contribution < 1.29 is 0 Å². The molecule has 2 rings (SSSR count). The summed E-state index contributed by atoms with van der Waals surface area (Å²) in [4.78, 5) is 6.79. The molecule has 0 saturated carbocycles. The summed E-state index contributed by atoms with van der Waals surface area (Å²) in [6, 6.07) is 0.454. The van der Waals surface area contributed by atoms with Gasteiger partial charge < -0.3 is 10.2 Å². The molecule has 1 aromatic heterocycles. The average Bonchev–Trinajstić information content (AvgIpc) is 2.27. The minimum atomic E-state index is 0.454. The number of rotatable bonds is 2. The van der Waals surface area contributed by atoms with Gasteiger partial charge in [-0.25, -0.2) is 4.98 Å². The van der Waals surface area contributed by atoms with E-state index in [0.717, 1.165) is 30.9 Å². The van der Waals surface area contributed by atoms with E-state index in [4.69, 9.17) is 0 Å². The van der Waals surface area contributed by atoms with Gasteiger partial charge in [-0.2, -0.15) is 5.10 Å². The Labute approximate surface area is 103 Å². The highest BCUT2D eigenvalue weighted by Crippen LogP contribution is 2.18. The zero-order valence-electron chi connectivity index (χ0n) is 11.1. The van der Waals surface area contributed by atoms with Gasteiger partial charge in [-0.3, -0.25) is 0 Å². The standard InChI is InChI=1S/C12H21N5/c1-8-7-17(4)6-5-11(8)14-12-13-9(2)10(3)15-16-12/h8,11H,5-7H2,1-4H3,(H,13,14,16). The number of likely N-dealkylation sites (tertiary alicyclic amines) is 1. The molecule has 17 heavy (non-hydrogen) atoms. The van der Waals surface area contributed by atoms with E-state index >= 15 is 0 Å². The lowest BCUT2D eigenvalue weighted by Gasteiger charge is -2.35. The van der Waals surface area contributed by atoms with Crippen LogP contribution in [0, 0.1) is 19.8 Å². The molecule has 1 N–H and O–H groups in total. The predicted octanol–water partition coefficient (Wildman–Crippen LogP) is 1.24. The summed E-state index contributed by atoms with van der Waals surface area (Å²) in [5.41, 5.74) is 1.84. The Morgan fingerprint density at radius 1 is 1.24 bits per heavy atom. The number of aryl methyl sites for hydroxylation is 2. The second-order valence-electron chi connectivity index (χ2n) is 5.09. The largest absolute Gasteiger partial charge is 0.350 e. The molecule has 1 aliphatic rings. The van der Waals surface area contributed by atoms with Crippen LogP contribution >= 0.6 is 0 Å². The lowest BCUT2D eigenvalue weighted by molar-refractivity contribution is 0.205. The molecule has 1 fully saturated rings. The molecular formula is C12H21N5. The molecular weight excluding hydrogens is 214 g/mol. The minimum Gasteiger partial charge on any atom is -0.350 e. The van der Waals surface area contributed by atoms with Crippen molar-refractivity contribution in [3.63, 3.8) is 0 Å². The molecule has 2 heterocycles. The van der Waals surface area contributed by atoms with Crippen LogP contribution in [0.1, 0.15) is 24.7 Å². The van der Waals surface area contributed by atoms with Gasteiger partial charge in [-0.05, 0) is 39.8 Å². The summed E-state index contributed by atoms with van der Waals surface area (Å²) < 4.78 is 0. The van der Waals surface area contributed by atoms with Crippen molar-refractivity contribution >= 4 is 5.95 Å². The van der Waals surface area contributed by atoms with Crippen molar-refractivity contribution in [2.24, 2.45) is 5.92 Å². The summed E-state index contributed by atoms with van der Waals surface area (Å²) in [6.07, 6.45) is 1.13. The van der Waals surface area contributed by atoms with Crippen molar-refractivity contribution in [2.75, 3.05) is 25.5 Å². The summed E-state index contributed by atoms with van der Waals surface area (Å²) in [7, 11) is 2.17. The second-order valence-corrected chi connectivity index (χ2v) is 5.09. The Morgan fingerprint density at radius 3 is 2.65 bits per heavy atom. The maximum Gasteiger partial charge on any atom is 0.243 e. The Morgan fingerprint density at radius 2 is 2.00 bits per heavy atom. The third-order valence-corrected chi connectivity index (χ3v) is 3.51. The molecule has 0 aliphatic carbocycles. The van der Waals surface area contributed by atoms with Crippen molar-refractivity contribution in [1.29, 1.82) is 0 Å². The lowest BCUT2D eigenvalue weighted by Crippen LogP contribution is -2.43. The average molecular weight is 235 g/mol. The van der Waals surface area contributed by atoms with Crippen molar-refractivity contribution in [2.45, 2.75) is 33.2 Å². The molecule has 1 aromatic rings. The first-order valence-corrected chi connectivity index (χ1v) is 6.19. The molecule has 94 valence electrons. The molecule has 1 aliphatic heterocycles. The van der Waals surface area contributed by atoms with Gasteiger partial charge in [-0.15, -0.1) is 5.10 Å². The number of nitrogens with zero attached hydrogens (tertiary/aromatic N) is 4. The number of anilines is 1. The highest BCUT2D eigenvalue weighted by atomic mass is 15.3. The van der Waals surface area contributed by atoms with E-state index in [1.54, 1.807) is 0 Å². The Hall–Kier alpha value is -1.23. The third kappa shape index (κ3) is 2.91. The van der Waals surface area contributed by atoms with Gasteiger partial charge in [0.05, 0.1) is 11.4 Å². The Kier molecular flexibility index (Phi) is 3.57. The van der Waals surface area contributed by atoms with Crippen LogP contribution in [-0.2, 0) is 0 Å². The second kappa shape index (κ2) is 4.96. The molecule has 2 unspecified atom stereocenters. The molecule has 0 radical (unpaired) electrons. The van der Waals surface area contributed by atoms with Crippen LogP contribution in [0.3, 0.4) is 0 Å². The molecule has 5 heteroatoms. The zero-order valence-corrected chi connectivity index (χ0v) is 11.1. The minimum absolute atomic E-state index is 0.454. The first kappa shape index (κ1) is 12.2. The van der Waals surface area contributed by atoms with E-state index in [-0.39, 0.29) is 0 Å². The summed E-state index contributed by atoms with van der Waals surface area (Å²) in [5.74, 6) is 1.27. The number of aromatic nitrogens is 3. The predicted molar refractivity (Wildman–Crippen MR) is 68.0 cm³/mol. The quantitative estimate of drug-likeness (QED) is 0.836. The molecule has 0 amide bonds. The number of nitrogens with one attached hydrogen (secondary N) is 1. The van der Waals surface area contributed by atoms with E-state index in [0.29, 0.717) is 17.9 Å². The molecule has 0 bridgehead atoms. The molecule has 0 spiro atoms. The fraction of sp³-hybridized carbons (Fsp3) is 0.750. The highest BCUT2D eigenvalue weighted by Gasteiger charge is 2.24. The van der Waals surface area contributed by atoms with Gasteiger partial charge >= 0.3 is 0 Å². The van der Waals surface area contributed by atoms with Crippen LogP contribution < -0.4 is 5.32 Å². The monoisotopic (exact) mass is 235 g/mol. The van der Waals surface area contributed by atoms with Crippen LogP contribution in [0.5, 0.6) is 0 Å². The van der Waals surface area contributed by atoms with E-state index in [1.807, 2.05) is 13.8 Å². The first-order chi connectivity index (χ1) is 8.06. The van der Waals surface area contributed by atoms with Crippen LogP contribution in [0.25, 0.3) is 0 Å². The molecule has 0 aromatic carbocycles. The number of hydrogen-bond donors (Lipinski definition) is 1. The summed E-state index contributed by atoms with van der Waals surface area (Å²) >= 11 is 0. The van der Waals surface area contributed by atoms with Gasteiger partial charge in [0, 0.05) is 12.6 Å². The normalized spacial score (nSPS) is 25.9. The SMILES string of the molecule is Cc1nnc(NC2CCN(C)CC2C)nc1C. The lowest BCUT2D eigenvalue weighted by atomic mass is 9.94. The van der Waals surface area contributed by atoms with Crippen LogP contribution in [0.2, 0.25) is 0 Å². The van der Waals surface area contributed by atoms with Crippen LogP contribution in [-0.4, -0.2) is 46.3 Å². The fourth-order valence-electron chi connectivity index (χ4n) is 2.25. The van der Waals surface area contributed by atoms with E-state index in [1.165, 1.54) is 0 Å². The highest BCUT2D eigenvalue weighted by molar-refractivity contribution is 5.27.